The molecule has 0 N–H and O–H groups in total. The SMILES string of the molecule is Fc1cc(C#Cc2c(F)cccc2F)ccc1-c1ccc(N=C=S)cc1. The third-order valence-corrected chi connectivity index (χ3v) is 3.71. The third kappa shape index (κ3) is 3.89. The zero-order valence-corrected chi connectivity index (χ0v) is 14.1. The summed E-state index contributed by atoms with van der Waals surface area (Å²) in [4.78, 5) is 3.84. The number of rotatable bonds is 2. The maximum atomic E-state index is 14.4. The number of benzene rings is 3. The molecule has 0 aliphatic carbocycles. The lowest BCUT2D eigenvalue weighted by molar-refractivity contribution is 0.577. The Kier molecular flexibility index (Phi) is 5.28. The van der Waals surface area contributed by atoms with Crippen molar-refractivity contribution in [3.8, 4) is 23.0 Å². The summed E-state index contributed by atoms with van der Waals surface area (Å²) in [5.74, 6) is 2.99. The van der Waals surface area contributed by atoms with Crippen molar-refractivity contribution in [2.75, 3.05) is 0 Å². The Hall–Kier alpha value is -3.19. The largest absolute Gasteiger partial charge is 0.206 e. The Balaban J connectivity index is 1.91. The van der Waals surface area contributed by atoms with Gasteiger partial charge in [-0.1, -0.05) is 36.1 Å². The molecule has 3 rings (SSSR count). The van der Waals surface area contributed by atoms with Gasteiger partial charge in [0.15, 0.2) is 0 Å². The first-order valence-electron chi connectivity index (χ1n) is 7.52. The molecule has 0 saturated carbocycles. The average molecular weight is 365 g/mol. The number of aliphatic imine (C=N–C) groups is 1. The van der Waals surface area contributed by atoms with Crippen LogP contribution in [0.2, 0.25) is 0 Å². The van der Waals surface area contributed by atoms with Crippen molar-refractivity contribution in [3.63, 3.8) is 0 Å². The van der Waals surface area contributed by atoms with Crippen LogP contribution in [0.25, 0.3) is 11.1 Å². The van der Waals surface area contributed by atoms with Gasteiger partial charge in [-0.15, -0.1) is 0 Å². The van der Waals surface area contributed by atoms with E-state index in [2.05, 4.69) is 34.2 Å². The van der Waals surface area contributed by atoms with Gasteiger partial charge in [0.2, 0.25) is 0 Å². The molecule has 0 spiro atoms. The molecule has 0 aliphatic heterocycles. The monoisotopic (exact) mass is 365 g/mol. The highest BCUT2D eigenvalue weighted by molar-refractivity contribution is 7.78. The molecule has 0 fully saturated rings. The van der Waals surface area contributed by atoms with Gasteiger partial charge in [0.05, 0.1) is 16.4 Å². The summed E-state index contributed by atoms with van der Waals surface area (Å²) in [6, 6.07) is 14.7. The van der Waals surface area contributed by atoms with Crippen LogP contribution in [-0.2, 0) is 0 Å². The first kappa shape index (κ1) is 17.6. The summed E-state index contributed by atoms with van der Waals surface area (Å²) in [5, 5.41) is 2.26. The van der Waals surface area contributed by atoms with Gasteiger partial charge >= 0.3 is 0 Å². The van der Waals surface area contributed by atoms with Crippen molar-refractivity contribution in [2.24, 2.45) is 4.99 Å². The molecular formula is C21H10F3NS. The number of thiocarbonyl (C=S) groups is 1. The van der Waals surface area contributed by atoms with Crippen LogP contribution in [0, 0.1) is 29.3 Å². The molecule has 3 aromatic rings. The Bertz CT molecular complexity index is 1050. The second-order valence-corrected chi connectivity index (χ2v) is 5.47. The molecule has 0 heterocycles. The molecule has 0 unspecified atom stereocenters. The molecule has 0 bridgehead atoms. The average Bonchev–Trinajstić information content (AvgIpc) is 2.63. The van der Waals surface area contributed by atoms with Crippen molar-refractivity contribution >= 4 is 23.1 Å². The van der Waals surface area contributed by atoms with E-state index in [1.54, 1.807) is 36.4 Å². The Labute approximate surface area is 153 Å². The van der Waals surface area contributed by atoms with E-state index in [-0.39, 0.29) is 5.56 Å². The van der Waals surface area contributed by atoms with Gasteiger partial charge in [0.1, 0.15) is 17.5 Å². The van der Waals surface area contributed by atoms with Gasteiger partial charge in [0.25, 0.3) is 0 Å². The molecule has 126 valence electrons. The van der Waals surface area contributed by atoms with Crippen LogP contribution < -0.4 is 0 Å². The van der Waals surface area contributed by atoms with E-state index in [1.165, 1.54) is 12.1 Å². The van der Waals surface area contributed by atoms with Crippen LogP contribution in [0.15, 0.2) is 65.7 Å². The molecule has 0 radical (unpaired) electrons. The fraction of sp³-hybridized carbons (Fsp3) is 0. The van der Waals surface area contributed by atoms with Crippen LogP contribution in [-0.4, -0.2) is 5.16 Å². The Morgan fingerprint density at radius 3 is 2.08 bits per heavy atom. The first-order chi connectivity index (χ1) is 12.6. The standard InChI is InChI=1S/C21H10F3NS/c22-19-2-1-3-20(23)18(19)11-5-14-4-10-17(21(24)12-14)15-6-8-16(9-7-15)25-13-26/h1-4,6-10,12H. The highest BCUT2D eigenvalue weighted by Crippen LogP contribution is 2.25. The van der Waals surface area contributed by atoms with E-state index >= 15 is 0 Å². The normalized spacial score (nSPS) is 9.81. The van der Waals surface area contributed by atoms with Crippen molar-refractivity contribution in [3.05, 3.63) is 89.2 Å². The van der Waals surface area contributed by atoms with E-state index in [1.807, 2.05) is 0 Å². The molecule has 0 atom stereocenters. The highest BCUT2D eigenvalue weighted by Gasteiger charge is 2.07. The van der Waals surface area contributed by atoms with Crippen molar-refractivity contribution in [1.82, 2.24) is 0 Å². The van der Waals surface area contributed by atoms with Gasteiger partial charge in [0, 0.05) is 11.1 Å². The third-order valence-electron chi connectivity index (χ3n) is 3.62. The van der Waals surface area contributed by atoms with E-state index in [9.17, 15) is 13.2 Å². The number of hydrogen-bond acceptors (Lipinski definition) is 2. The minimum Gasteiger partial charge on any atom is -0.206 e. The number of halogens is 3. The second kappa shape index (κ2) is 7.79. The molecule has 0 saturated heterocycles. The van der Waals surface area contributed by atoms with E-state index < -0.39 is 17.5 Å². The molecule has 0 aromatic heterocycles. The van der Waals surface area contributed by atoms with Crippen LogP contribution in [0.3, 0.4) is 0 Å². The van der Waals surface area contributed by atoms with E-state index in [0.717, 1.165) is 12.1 Å². The summed E-state index contributed by atoms with van der Waals surface area (Å²) >= 11 is 4.54. The van der Waals surface area contributed by atoms with Gasteiger partial charge < -0.3 is 0 Å². The topological polar surface area (TPSA) is 12.4 Å². The lowest BCUT2D eigenvalue weighted by atomic mass is 10.0. The van der Waals surface area contributed by atoms with Gasteiger partial charge in [-0.05, 0) is 54.2 Å². The first-order valence-corrected chi connectivity index (χ1v) is 7.93. The maximum absolute atomic E-state index is 14.4. The zero-order valence-electron chi connectivity index (χ0n) is 13.3. The number of hydrogen-bond donors (Lipinski definition) is 0. The molecule has 0 aliphatic rings. The second-order valence-electron chi connectivity index (χ2n) is 5.29. The minimum atomic E-state index is -0.756. The maximum Gasteiger partial charge on any atom is 0.141 e. The van der Waals surface area contributed by atoms with Crippen molar-refractivity contribution in [2.45, 2.75) is 0 Å². The Morgan fingerprint density at radius 2 is 1.46 bits per heavy atom. The van der Waals surface area contributed by atoms with Crippen LogP contribution in [0.1, 0.15) is 11.1 Å². The fourth-order valence-electron chi connectivity index (χ4n) is 2.35. The lowest BCUT2D eigenvalue weighted by Gasteiger charge is -2.04. The lowest BCUT2D eigenvalue weighted by Crippen LogP contribution is -1.89. The molecule has 26 heavy (non-hydrogen) atoms. The van der Waals surface area contributed by atoms with Crippen molar-refractivity contribution < 1.29 is 13.2 Å². The summed E-state index contributed by atoms with van der Waals surface area (Å²) in [5.41, 5.74) is 1.64. The van der Waals surface area contributed by atoms with Crippen LogP contribution >= 0.6 is 12.2 Å². The predicted octanol–water partition coefficient (Wildman–Crippen LogP) is 5.91. The molecule has 3 aromatic carbocycles. The van der Waals surface area contributed by atoms with Gasteiger partial charge in [-0.3, -0.25) is 0 Å². The minimum absolute atomic E-state index is 0.316. The smallest absolute Gasteiger partial charge is 0.141 e. The summed E-state index contributed by atoms with van der Waals surface area (Å²) in [6.45, 7) is 0. The highest BCUT2D eigenvalue weighted by atomic mass is 32.1. The quantitative estimate of drug-likeness (QED) is 0.313. The molecule has 5 heteroatoms. The number of nitrogens with zero attached hydrogens (tertiary/aromatic N) is 1. The number of isothiocyanates is 1. The van der Waals surface area contributed by atoms with Gasteiger partial charge in [-0.2, -0.15) is 4.99 Å². The van der Waals surface area contributed by atoms with E-state index in [4.69, 9.17) is 0 Å². The zero-order chi connectivity index (χ0) is 18.5. The molecule has 1 nitrogen and oxygen atoms in total. The van der Waals surface area contributed by atoms with Crippen molar-refractivity contribution in [1.29, 1.82) is 0 Å². The van der Waals surface area contributed by atoms with E-state index in [0.29, 0.717) is 22.4 Å². The fourth-order valence-corrected chi connectivity index (χ4v) is 2.45. The molecule has 0 amide bonds. The predicted molar refractivity (Wildman–Crippen MR) is 98.9 cm³/mol. The Morgan fingerprint density at radius 1 is 0.769 bits per heavy atom. The summed E-state index contributed by atoms with van der Waals surface area (Å²) in [6.07, 6.45) is 0. The van der Waals surface area contributed by atoms with Gasteiger partial charge in [-0.25, -0.2) is 13.2 Å². The van der Waals surface area contributed by atoms with Crippen LogP contribution in [0.5, 0.6) is 0 Å². The summed E-state index contributed by atoms with van der Waals surface area (Å²) in [7, 11) is 0. The summed E-state index contributed by atoms with van der Waals surface area (Å²) < 4.78 is 41.5. The van der Waals surface area contributed by atoms with Crippen LogP contribution in [0.4, 0.5) is 18.9 Å². The molecular weight excluding hydrogens is 355 g/mol.